The van der Waals surface area contributed by atoms with Gasteiger partial charge in [-0.05, 0) is 43.0 Å². The number of carboxylic acids is 1. The zero-order valence-corrected chi connectivity index (χ0v) is 18.9. The average molecular weight is 477 g/mol. The Labute approximate surface area is 195 Å². The molecule has 7 nitrogen and oxygen atoms in total. The fourth-order valence-electron chi connectivity index (χ4n) is 3.48. The van der Waals surface area contributed by atoms with E-state index in [1.54, 1.807) is 24.4 Å². The fourth-order valence-corrected chi connectivity index (χ4v) is 3.48. The third kappa shape index (κ3) is 6.49. The minimum absolute atomic E-state index is 0.137. The molecule has 0 aliphatic rings. The van der Waals surface area contributed by atoms with Gasteiger partial charge in [-0.25, -0.2) is 9.67 Å². The van der Waals surface area contributed by atoms with Gasteiger partial charge in [0.15, 0.2) is 5.82 Å². The Morgan fingerprint density at radius 1 is 1.15 bits per heavy atom. The van der Waals surface area contributed by atoms with Crippen LogP contribution in [0, 0.1) is 0 Å². The molecule has 3 aromatic rings. The lowest BCUT2D eigenvalue weighted by Gasteiger charge is -2.11. The summed E-state index contributed by atoms with van der Waals surface area (Å²) >= 11 is 0. The van der Waals surface area contributed by atoms with E-state index in [0.717, 1.165) is 36.4 Å². The molecular weight excluding hydrogens is 451 g/mol. The van der Waals surface area contributed by atoms with Crippen molar-refractivity contribution >= 4 is 5.97 Å². The van der Waals surface area contributed by atoms with Gasteiger partial charge in [0.25, 0.3) is 0 Å². The molecule has 0 atom stereocenters. The lowest BCUT2D eigenvalue weighted by molar-refractivity contribution is -0.138. The van der Waals surface area contributed by atoms with E-state index >= 15 is 0 Å². The number of ether oxygens (including phenoxy) is 2. The second-order valence-corrected chi connectivity index (χ2v) is 7.69. The normalized spacial score (nSPS) is 11.4. The van der Waals surface area contributed by atoms with E-state index in [9.17, 15) is 18.0 Å². The number of carbonyl (C=O) groups is 1. The van der Waals surface area contributed by atoms with Gasteiger partial charge in [0, 0.05) is 24.0 Å². The molecule has 0 fully saturated rings. The lowest BCUT2D eigenvalue weighted by atomic mass is 10.1. The maximum atomic E-state index is 12.8. The summed E-state index contributed by atoms with van der Waals surface area (Å²) in [7, 11) is 1.48. The third-order valence-corrected chi connectivity index (χ3v) is 5.13. The van der Waals surface area contributed by atoms with Gasteiger partial charge in [0.05, 0.1) is 31.4 Å². The first-order valence-corrected chi connectivity index (χ1v) is 10.8. The highest BCUT2D eigenvalue weighted by Gasteiger charge is 2.30. The predicted molar refractivity (Wildman–Crippen MR) is 119 cm³/mol. The summed E-state index contributed by atoms with van der Waals surface area (Å²) in [6.07, 6.45) is 1.00. The Balaban J connectivity index is 1.63. The summed E-state index contributed by atoms with van der Waals surface area (Å²) in [4.78, 5) is 14.9. The fraction of sp³-hybridized carbons (Fsp3) is 0.375. The van der Waals surface area contributed by atoms with Gasteiger partial charge >= 0.3 is 12.1 Å². The molecule has 34 heavy (non-hydrogen) atoms. The van der Waals surface area contributed by atoms with Crippen molar-refractivity contribution in [3.8, 4) is 17.3 Å². The van der Waals surface area contributed by atoms with Crippen LogP contribution in [0.3, 0.4) is 0 Å². The number of pyridine rings is 1. The second-order valence-electron chi connectivity index (χ2n) is 7.69. The molecule has 0 amide bonds. The van der Waals surface area contributed by atoms with E-state index < -0.39 is 17.7 Å². The van der Waals surface area contributed by atoms with E-state index in [1.165, 1.54) is 17.9 Å². The number of nitrogens with zero attached hydrogens (tertiary/aromatic N) is 3. The van der Waals surface area contributed by atoms with Crippen molar-refractivity contribution in [1.82, 2.24) is 14.8 Å². The van der Waals surface area contributed by atoms with Crippen molar-refractivity contribution in [1.29, 1.82) is 0 Å². The third-order valence-electron chi connectivity index (χ3n) is 5.13. The molecule has 0 aliphatic heterocycles. The molecule has 3 rings (SSSR count). The minimum atomic E-state index is -4.44. The Morgan fingerprint density at radius 2 is 1.94 bits per heavy atom. The van der Waals surface area contributed by atoms with E-state index in [2.05, 4.69) is 10.1 Å². The molecular formula is C24H26F3N3O4. The molecule has 0 saturated heterocycles. The highest BCUT2D eigenvalue weighted by molar-refractivity contribution is 5.71. The van der Waals surface area contributed by atoms with Gasteiger partial charge in [-0.2, -0.15) is 18.3 Å². The number of hydrogen-bond acceptors (Lipinski definition) is 5. The topological polar surface area (TPSA) is 86.5 Å². The van der Waals surface area contributed by atoms with Gasteiger partial charge in [-0.1, -0.05) is 19.4 Å². The quantitative estimate of drug-likeness (QED) is 0.396. The standard InChI is InChI=1S/C24H26F3N3O4/c1-3-5-20-17(15-30(29-20)22-10-8-18(14-28-22)24(25,26)27)6-4-11-34-19-9-7-16(12-23(31)32)21(13-19)33-2/h7-10,13-15H,3-6,11-12H2,1-2H3,(H,31,32). The number of halogens is 3. The summed E-state index contributed by atoms with van der Waals surface area (Å²) < 4.78 is 50.9. The zero-order chi connectivity index (χ0) is 24.7. The summed E-state index contributed by atoms with van der Waals surface area (Å²) in [5, 5.41) is 13.5. The van der Waals surface area contributed by atoms with Gasteiger partial charge in [0.2, 0.25) is 0 Å². The molecule has 0 saturated carbocycles. The van der Waals surface area contributed by atoms with Gasteiger partial charge in [-0.15, -0.1) is 0 Å². The number of aryl methyl sites for hydroxylation is 2. The summed E-state index contributed by atoms with van der Waals surface area (Å²) in [5.41, 5.74) is 1.63. The van der Waals surface area contributed by atoms with Crippen LogP contribution in [-0.2, 0) is 30.2 Å². The maximum absolute atomic E-state index is 12.8. The molecule has 10 heteroatoms. The van der Waals surface area contributed by atoms with E-state index in [1.807, 2.05) is 6.92 Å². The highest BCUT2D eigenvalue weighted by Crippen LogP contribution is 2.29. The molecule has 0 radical (unpaired) electrons. The van der Waals surface area contributed by atoms with Crippen molar-refractivity contribution in [3.63, 3.8) is 0 Å². The first-order valence-electron chi connectivity index (χ1n) is 10.8. The molecule has 0 aliphatic carbocycles. The SMILES string of the molecule is CCCc1nn(-c2ccc(C(F)(F)F)cn2)cc1CCCOc1ccc(CC(=O)O)c(OC)c1. The van der Waals surface area contributed by atoms with Crippen molar-refractivity contribution < 1.29 is 32.5 Å². The molecule has 2 heterocycles. The largest absolute Gasteiger partial charge is 0.496 e. The smallest absolute Gasteiger partial charge is 0.417 e. The number of alkyl halides is 3. The zero-order valence-electron chi connectivity index (χ0n) is 18.9. The van der Waals surface area contributed by atoms with Crippen LogP contribution in [0.2, 0.25) is 0 Å². The number of benzene rings is 1. The van der Waals surface area contributed by atoms with Gasteiger partial charge in [0.1, 0.15) is 11.5 Å². The van der Waals surface area contributed by atoms with E-state index in [-0.39, 0.29) is 6.42 Å². The molecule has 0 bridgehead atoms. The van der Waals surface area contributed by atoms with Crippen LogP contribution >= 0.6 is 0 Å². The number of carboxylic acid groups (broad SMARTS) is 1. The predicted octanol–water partition coefficient (Wildman–Crippen LogP) is 4.89. The van der Waals surface area contributed by atoms with Crippen molar-refractivity contribution in [3.05, 3.63) is 65.1 Å². The Morgan fingerprint density at radius 3 is 2.56 bits per heavy atom. The Hall–Kier alpha value is -3.56. The average Bonchev–Trinajstić information content (AvgIpc) is 3.19. The van der Waals surface area contributed by atoms with Gasteiger partial charge in [-0.3, -0.25) is 4.79 Å². The summed E-state index contributed by atoms with van der Waals surface area (Å²) in [6.45, 7) is 2.44. The van der Waals surface area contributed by atoms with Crippen molar-refractivity contribution in [2.75, 3.05) is 13.7 Å². The van der Waals surface area contributed by atoms with E-state index in [4.69, 9.17) is 14.6 Å². The summed E-state index contributed by atoms with van der Waals surface area (Å²) in [6, 6.07) is 7.34. The highest BCUT2D eigenvalue weighted by atomic mass is 19.4. The Kier molecular flexibility index (Phi) is 8.14. The van der Waals surface area contributed by atoms with Gasteiger partial charge < -0.3 is 14.6 Å². The number of methoxy groups -OCH3 is 1. The van der Waals surface area contributed by atoms with Crippen LogP contribution in [0.15, 0.2) is 42.7 Å². The summed E-state index contributed by atoms with van der Waals surface area (Å²) in [5.74, 6) is 0.406. The maximum Gasteiger partial charge on any atom is 0.417 e. The number of rotatable bonds is 11. The number of hydrogen-bond donors (Lipinski definition) is 1. The molecule has 1 N–H and O–H groups in total. The van der Waals surface area contributed by atoms with Crippen LogP contribution in [0.25, 0.3) is 5.82 Å². The lowest BCUT2D eigenvalue weighted by Crippen LogP contribution is -2.07. The minimum Gasteiger partial charge on any atom is -0.496 e. The van der Waals surface area contributed by atoms with Crippen LogP contribution in [-0.4, -0.2) is 39.6 Å². The van der Waals surface area contributed by atoms with Crippen molar-refractivity contribution in [2.45, 2.75) is 45.2 Å². The van der Waals surface area contributed by atoms with E-state index in [0.29, 0.717) is 42.3 Å². The molecule has 1 aromatic carbocycles. The first kappa shape index (κ1) is 25.1. The number of aromatic nitrogens is 3. The molecule has 0 unspecified atom stereocenters. The number of aliphatic carboxylic acids is 1. The monoisotopic (exact) mass is 477 g/mol. The first-order chi connectivity index (χ1) is 16.2. The Bertz CT molecular complexity index is 1110. The van der Waals surface area contributed by atoms with Crippen LogP contribution < -0.4 is 9.47 Å². The van der Waals surface area contributed by atoms with Crippen LogP contribution in [0.1, 0.15) is 42.1 Å². The van der Waals surface area contributed by atoms with Crippen molar-refractivity contribution in [2.24, 2.45) is 0 Å². The molecule has 2 aromatic heterocycles. The van der Waals surface area contributed by atoms with Crippen LogP contribution in [0.4, 0.5) is 13.2 Å². The van der Waals surface area contributed by atoms with Crippen LogP contribution in [0.5, 0.6) is 11.5 Å². The molecule has 0 spiro atoms. The molecule has 182 valence electrons. The second kappa shape index (κ2) is 11.0.